The highest BCUT2D eigenvalue weighted by atomic mass is 16.5. The molecule has 4 heterocycles. The second kappa shape index (κ2) is 23.8. The van der Waals surface area contributed by atoms with E-state index in [0.717, 1.165) is 77.8 Å². The van der Waals surface area contributed by atoms with Gasteiger partial charge in [0.05, 0.1) is 24.9 Å². The van der Waals surface area contributed by atoms with Crippen LogP contribution in [0.3, 0.4) is 0 Å². The first-order chi connectivity index (χ1) is 30.9. The van der Waals surface area contributed by atoms with Crippen LogP contribution in [0.1, 0.15) is 97.5 Å². The van der Waals surface area contributed by atoms with Gasteiger partial charge in [0, 0.05) is 51.9 Å². The zero-order chi connectivity index (χ0) is 43.6. The Morgan fingerprint density at radius 3 is 1.49 bits per heavy atom. The van der Waals surface area contributed by atoms with E-state index < -0.39 is 5.97 Å². The number of aromatic nitrogens is 4. The number of benzene rings is 4. The fraction of sp³-hybridized carbons (Fsp3) is 0.412. The van der Waals surface area contributed by atoms with E-state index in [-0.39, 0.29) is 36.8 Å². The number of carbonyl (C=O) groups excluding carboxylic acids is 1. The molecule has 12 heteroatoms. The average molecular weight is 855 g/mol. The molecule has 332 valence electrons. The fourth-order valence-electron chi connectivity index (χ4n) is 8.09. The van der Waals surface area contributed by atoms with Crippen molar-refractivity contribution in [3.63, 3.8) is 0 Å². The quantitative estimate of drug-likeness (QED) is 0.0663. The number of likely N-dealkylation sites (tertiary alicyclic amines) is 2. The Balaban J connectivity index is 0.000000212. The Morgan fingerprint density at radius 2 is 1.06 bits per heavy atom. The van der Waals surface area contributed by atoms with Gasteiger partial charge in [-0.15, -0.1) is 14.8 Å². The standard InChI is InChI=1S/C30H35N5O4.C21H27NO2/c1-22(2)38-30(36)29-31-26-14-15-27(32-35(26)33-29)37-21-9-18-34-19-16-25(17-20-34)39-28(23-10-5-3-6-11-23)24-12-7-4-8-13-24;23-17-7-14-22-15-12-20(13-16-22)24-21(18-8-3-1-4-9-18)19-10-5-2-6-11-19/h3-8,10-15,22,25,28H,9,16-21H2,1-2H3;1-6,8-11,20-21,23H,7,12-17H2. The molecule has 1 N–H and O–H groups in total. The van der Waals surface area contributed by atoms with Crippen LogP contribution in [0, 0.1) is 0 Å². The highest BCUT2D eigenvalue weighted by Gasteiger charge is 2.26. The molecule has 2 aliphatic heterocycles. The number of aliphatic hydroxyl groups is 1. The minimum absolute atomic E-state index is 0.00129. The van der Waals surface area contributed by atoms with E-state index >= 15 is 0 Å². The number of rotatable bonds is 18. The molecule has 0 saturated carbocycles. The van der Waals surface area contributed by atoms with Crippen molar-refractivity contribution in [3.8, 4) is 5.88 Å². The zero-order valence-corrected chi connectivity index (χ0v) is 36.7. The predicted octanol–water partition coefficient (Wildman–Crippen LogP) is 8.37. The summed E-state index contributed by atoms with van der Waals surface area (Å²) < 4.78 is 25.5. The van der Waals surface area contributed by atoms with Crippen molar-refractivity contribution in [2.24, 2.45) is 0 Å². The summed E-state index contributed by atoms with van der Waals surface area (Å²) in [7, 11) is 0. The SMILES string of the molecule is CC(C)OC(=O)c1nc2ccc(OCCCN3CCC(OC(c4ccccc4)c4ccccc4)CC3)nn2n1.OCCCN1CCC(OC(c2ccccc2)c2ccccc2)CC1. The van der Waals surface area contributed by atoms with Crippen LogP contribution in [0.4, 0.5) is 0 Å². The van der Waals surface area contributed by atoms with Crippen LogP contribution in [-0.4, -0.2) is 111 Å². The lowest BCUT2D eigenvalue weighted by molar-refractivity contribution is -0.0275. The van der Waals surface area contributed by atoms with Crippen molar-refractivity contribution in [1.82, 2.24) is 29.6 Å². The highest BCUT2D eigenvalue weighted by molar-refractivity contribution is 5.85. The molecule has 2 saturated heterocycles. The molecule has 2 fully saturated rings. The monoisotopic (exact) mass is 854 g/mol. The van der Waals surface area contributed by atoms with Crippen molar-refractivity contribution in [2.45, 2.75) is 82.9 Å². The van der Waals surface area contributed by atoms with E-state index in [1.54, 1.807) is 26.0 Å². The molecule has 0 spiro atoms. The second-order valence-electron chi connectivity index (χ2n) is 16.4. The van der Waals surface area contributed by atoms with Crippen LogP contribution in [0.25, 0.3) is 5.65 Å². The van der Waals surface area contributed by atoms with Gasteiger partial charge in [0.25, 0.3) is 5.82 Å². The van der Waals surface area contributed by atoms with Crippen LogP contribution < -0.4 is 4.74 Å². The number of ether oxygens (including phenoxy) is 4. The van der Waals surface area contributed by atoms with Crippen molar-refractivity contribution in [3.05, 3.63) is 162 Å². The summed E-state index contributed by atoms with van der Waals surface area (Å²) in [5, 5.41) is 17.4. The van der Waals surface area contributed by atoms with Gasteiger partial charge in [-0.05, 0) is 80.7 Å². The van der Waals surface area contributed by atoms with E-state index in [1.807, 2.05) is 24.3 Å². The minimum atomic E-state index is -0.567. The second-order valence-corrected chi connectivity index (χ2v) is 16.4. The molecule has 4 aromatic carbocycles. The van der Waals surface area contributed by atoms with Gasteiger partial charge in [0.1, 0.15) is 12.2 Å². The van der Waals surface area contributed by atoms with Gasteiger partial charge >= 0.3 is 5.97 Å². The molecule has 0 unspecified atom stereocenters. The maximum Gasteiger partial charge on any atom is 0.378 e. The first kappa shape index (κ1) is 45.5. The molecule has 6 aromatic rings. The number of aliphatic hydroxyl groups excluding tert-OH is 1. The lowest BCUT2D eigenvalue weighted by Crippen LogP contribution is -2.38. The molecule has 2 aliphatic rings. The van der Waals surface area contributed by atoms with Crippen molar-refractivity contribution >= 4 is 11.6 Å². The smallest absolute Gasteiger partial charge is 0.378 e. The Hall–Kier alpha value is -5.50. The summed E-state index contributed by atoms with van der Waals surface area (Å²) in [5.41, 5.74) is 5.27. The molecule has 0 amide bonds. The Labute approximate surface area is 371 Å². The summed E-state index contributed by atoms with van der Waals surface area (Å²) in [6, 6.07) is 45.4. The van der Waals surface area contributed by atoms with Gasteiger partial charge in [-0.1, -0.05) is 121 Å². The van der Waals surface area contributed by atoms with Crippen molar-refractivity contribution in [2.75, 3.05) is 52.5 Å². The van der Waals surface area contributed by atoms with Gasteiger partial charge in [-0.3, -0.25) is 0 Å². The highest BCUT2D eigenvalue weighted by Crippen LogP contribution is 2.31. The van der Waals surface area contributed by atoms with Crippen LogP contribution >= 0.6 is 0 Å². The van der Waals surface area contributed by atoms with E-state index in [1.165, 1.54) is 26.9 Å². The molecule has 8 rings (SSSR count). The lowest BCUT2D eigenvalue weighted by Gasteiger charge is -2.34. The maximum atomic E-state index is 12.0. The number of piperidine rings is 2. The van der Waals surface area contributed by atoms with Gasteiger partial charge in [0.15, 0.2) is 5.65 Å². The first-order valence-corrected chi connectivity index (χ1v) is 22.6. The Bertz CT molecular complexity index is 2130. The summed E-state index contributed by atoms with van der Waals surface area (Å²) in [5.74, 6) is -0.140. The molecule has 0 aliphatic carbocycles. The van der Waals surface area contributed by atoms with Gasteiger partial charge in [-0.2, -0.15) is 4.98 Å². The molecule has 0 bridgehead atoms. The van der Waals surface area contributed by atoms with Gasteiger partial charge in [0.2, 0.25) is 5.88 Å². The van der Waals surface area contributed by atoms with E-state index in [9.17, 15) is 4.79 Å². The third kappa shape index (κ3) is 13.7. The van der Waals surface area contributed by atoms with Crippen LogP contribution in [0.2, 0.25) is 0 Å². The zero-order valence-electron chi connectivity index (χ0n) is 36.7. The fourth-order valence-corrected chi connectivity index (χ4v) is 8.09. The van der Waals surface area contributed by atoms with Crippen molar-refractivity contribution < 1.29 is 28.8 Å². The number of esters is 1. The molecule has 0 atom stereocenters. The van der Waals surface area contributed by atoms with E-state index in [0.29, 0.717) is 24.2 Å². The molecular weight excluding hydrogens is 793 g/mol. The number of hydrogen-bond donors (Lipinski definition) is 1. The first-order valence-electron chi connectivity index (χ1n) is 22.6. The van der Waals surface area contributed by atoms with Crippen LogP contribution in [0.15, 0.2) is 133 Å². The summed E-state index contributed by atoms with van der Waals surface area (Å²) in [4.78, 5) is 21.1. The molecule has 2 aromatic heterocycles. The lowest BCUT2D eigenvalue weighted by atomic mass is 10.00. The summed E-state index contributed by atoms with van der Waals surface area (Å²) >= 11 is 0. The number of hydrogen-bond acceptors (Lipinski definition) is 11. The molecular formula is C51H62N6O6. The van der Waals surface area contributed by atoms with E-state index in [2.05, 4.69) is 122 Å². The Morgan fingerprint density at radius 1 is 0.619 bits per heavy atom. The third-order valence-corrected chi connectivity index (χ3v) is 11.3. The average Bonchev–Trinajstić information content (AvgIpc) is 3.77. The minimum Gasteiger partial charge on any atom is -0.477 e. The normalized spacial score (nSPS) is 15.5. The van der Waals surface area contributed by atoms with Gasteiger partial charge in [-0.25, -0.2) is 4.79 Å². The molecule has 12 nitrogen and oxygen atoms in total. The number of nitrogens with zero attached hydrogens (tertiary/aromatic N) is 6. The molecule has 63 heavy (non-hydrogen) atoms. The largest absolute Gasteiger partial charge is 0.477 e. The third-order valence-electron chi connectivity index (χ3n) is 11.3. The van der Waals surface area contributed by atoms with Crippen LogP contribution in [0.5, 0.6) is 5.88 Å². The maximum absolute atomic E-state index is 12.0. The van der Waals surface area contributed by atoms with Crippen LogP contribution in [-0.2, 0) is 14.2 Å². The predicted molar refractivity (Wildman–Crippen MR) is 244 cm³/mol. The molecule has 0 radical (unpaired) electrons. The van der Waals surface area contributed by atoms with Crippen molar-refractivity contribution in [1.29, 1.82) is 0 Å². The topological polar surface area (TPSA) is 124 Å². The Kier molecular flexibility index (Phi) is 17.2. The van der Waals surface area contributed by atoms with E-state index in [4.69, 9.17) is 24.1 Å². The summed E-state index contributed by atoms with van der Waals surface area (Å²) in [6.07, 6.45) is 6.09. The number of fused-ring (bicyclic) bond motifs is 1. The van der Waals surface area contributed by atoms with Gasteiger partial charge < -0.3 is 33.9 Å². The summed E-state index contributed by atoms with van der Waals surface area (Å²) in [6.45, 7) is 10.4. The number of carbonyl (C=O) groups is 1.